The van der Waals surface area contributed by atoms with Crippen molar-refractivity contribution in [2.24, 2.45) is 0 Å². The van der Waals surface area contributed by atoms with Gasteiger partial charge in [0.1, 0.15) is 0 Å². The van der Waals surface area contributed by atoms with Crippen molar-refractivity contribution < 1.29 is 4.79 Å². The number of hydrogen-bond acceptors (Lipinski definition) is 2. The molecule has 1 rings (SSSR count). The first-order chi connectivity index (χ1) is 6.72. The predicted molar refractivity (Wildman–Crippen MR) is 55.2 cm³/mol. The quantitative estimate of drug-likeness (QED) is 0.682. The molecule has 1 aromatic carbocycles. The van der Waals surface area contributed by atoms with Crippen LogP contribution in [0.5, 0.6) is 0 Å². The topological polar surface area (TPSA) is 40.9 Å². The highest BCUT2D eigenvalue weighted by atomic mass is 16.1. The van der Waals surface area contributed by atoms with Crippen LogP contribution in [0, 0.1) is 11.3 Å². The first-order valence-corrected chi connectivity index (χ1v) is 4.79. The molecule has 0 unspecified atom stereocenters. The molecule has 0 amide bonds. The van der Waals surface area contributed by atoms with Crippen LogP contribution in [0.25, 0.3) is 0 Å². The van der Waals surface area contributed by atoms with E-state index in [1.54, 1.807) is 12.1 Å². The molecule has 0 saturated carbocycles. The number of nitrogens with zero attached hydrogens (tertiary/aromatic N) is 1. The number of carbonyl (C=O) groups is 1. The summed E-state index contributed by atoms with van der Waals surface area (Å²) in [7, 11) is 0. The molecule has 0 saturated heterocycles. The van der Waals surface area contributed by atoms with Crippen LogP contribution >= 0.6 is 0 Å². The number of nitriles is 1. The summed E-state index contributed by atoms with van der Waals surface area (Å²) in [6.45, 7) is 3.82. The van der Waals surface area contributed by atoms with E-state index in [9.17, 15) is 4.79 Å². The summed E-state index contributed by atoms with van der Waals surface area (Å²) >= 11 is 0. The summed E-state index contributed by atoms with van der Waals surface area (Å²) in [5, 5.41) is 8.87. The minimum absolute atomic E-state index is 0.0872. The second-order valence-electron chi connectivity index (χ2n) is 3.11. The Morgan fingerprint density at radius 3 is 2.64 bits per heavy atom. The number of benzene rings is 1. The minimum Gasteiger partial charge on any atom is -0.294 e. The van der Waals surface area contributed by atoms with Crippen LogP contribution in [-0.2, 0) is 6.42 Å². The van der Waals surface area contributed by atoms with E-state index in [2.05, 4.69) is 6.07 Å². The van der Waals surface area contributed by atoms with Crippen LogP contribution in [0.2, 0.25) is 0 Å². The summed E-state index contributed by atoms with van der Waals surface area (Å²) in [6, 6.07) is 7.46. The van der Waals surface area contributed by atoms with Gasteiger partial charge in [-0.05, 0) is 18.1 Å². The Hall–Kier alpha value is -1.62. The predicted octanol–water partition coefficient (Wildman–Crippen LogP) is 2.71. The van der Waals surface area contributed by atoms with E-state index < -0.39 is 0 Å². The third kappa shape index (κ3) is 2.00. The first kappa shape index (κ1) is 10.5. The standard InChI is InChI=1S/C12H13NO/c1-3-9-5-6-10(12(14)4-2)7-11(9)8-13/h5-7H,3-4H2,1-2H3. The van der Waals surface area contributed by atoms with Crippen molar-refractivity contribution in [3.63, 3.8) is 0 Å². The number of rotatable bonds is 3. The van der Waals surface area contributed by atoms with Gasteiger partial charge in [-0.15, -0.1) is 0 Å². The van der Waals surface area contributed by atoms with Crippen molar-refractivity contribution in [3.8, 4) is 6.07 Å². The normalized spacial score (nSPS) is 9.50. The summed E-state index contributed by atoms with van der Waals surface area (Å²) in [4.78, 5) is 11.4. The number of aryl methyl sites for hydroxylation is 1. The molecule has 2 nitrogen and oxygen atoms in total. The molecule has 14 heavy (non-hydrogen) atoms. The fourth-order valence-electron chi connectivity index (χ4n) is 1.37. The maximum atomic E-state index is 11.4. The van der Waals surface area contributed by atoms with Crippen LogP contribution in [0.15, 0.2) is 18.2 Å². The van der Waals surface area contributed by atoms with E-state index >= 15 is 0 Å². The number of Topliss-reactive ketones (excluding diaryl/α,β-unsaturated/α-hetero) is 1. The molecule has 1 aromatic rings. The molecule has 2 heteroatoms. The average Bonchev–Trinajstić information content (AvgIpc) is 2.26. The first-order valence-electron chi connectivity index (χ1n) is 4.79. The van der Waals surface area contributed by atoms with Crippen molar-refractivity contribution in [1.82, 2.24) is 0 Å². The van der Waals surface area contributed by atoms with Gasteiger partial charge in [-0.3, -0.25) is 4.79 Å². The Kier molecular flexibility index (Phi) is 3.41. The zero-order valence-corrected chi connectivity index (χ0v) is 8.50. The number of carbonyl (C=O) groups excluding carboxylic acids is 1. The smallest absolute Gasteiger partial charge is 0.162 e. The van der Waals surface area contributed by atoms with Crippen LogP contribution in [-0.4, -0.2) is 5.78 Å². The summed E-state index contributed by atoms with van der Waals surface area (Å²) in [5.41, 5.74) is 2.26. The van der Waals surface area contributed by atoms with Crippen LogP contribution in [0.4, 0.5) is 0 Å². The lowest BCUT2D eigenvalue weighted by atomic mass is 10.00. The van der Waals surface area contributed by atoms with Crippen LogP contribution in [0.3, 0.4) is 0 Å². The molecule has 0 fully saturated rings. The molecule has 0 radical (unpaired) electrons. The molecule has 0 heterocycles. The highest BCUT2D eigenvalue weighted by Gasteiger charge is 2.06. The maximum Gasteiger partial charge on any atom is 0.162 e. The average molecular weight is 187 g/mol. The monoisotopic (exact) mass is 187 g/mol. The molecular formula is C12H13NO. The largest absolute Gasteiger partial charge is 0.294 e. The van der Waals surface area contributed by atoms with E-state index in [4.69, 9.17) is 5.26 Å². The molecule has 72 valence electrons. The molecule has 0 aromatic heterocycles. The third-order valence-corrected chi connectivity index (χ3v) is 2.25. The van der Waals surface area contributed by atoms with Crippen molar-refractivity contribution in [1.29, 1.82) is 5.26 Å². The summed E-state index contributed by atoms with van der Waals surface area (Å²) in [6.07, 6.45) is 1.31. The van der Waals surface area contributed by atoms with Gasteiger partial charge in [-0.1, -0.05) is 26.0 Å². The Bertz CT molecular complexity index is 388. The van der Waals surface area contributed by atoms with Gasteiger partial charge in [0.15, 0.2) is 5.78 Å². The lowest BCUT2D eigenvalue weighted by Crippen LogP contribution is -1.98. The Morgan fingerprint density at radius 2 is 2.14 bits per heavy atom. The second kappa shape index (κ2) is 4.57. The molecule has 0 atom stereocenters. The van der Waals surface area contributed by atoms with E-state index in [1.807, 2.05) is 19.9 Å². The Labute approximate surface area is 84.2 Å². The van der Waals surface area contributed by atoms with Gasteiger partial charge in [0, 0.05) is 12.0 Å². The highest BCUT2D eigenvalue weighted by molar-refractivity contribution is 5.96. The fraction of sp³-hybridized carbons (Fsp3) is 0.333. The van der Waals surface area contributed by atoms with Crippen LogP contribution in [0.1, 0.15) is 41.8 Å². The van der Waals surface area contributed by atoms with E-state index in [-0.39, 0.29) is 5.78 Å². The number of hydrogen-bond donors (Lipinski definition) is 0. The van der Waals surface area contributed by atoms with Gasteiger partial charge in [-0.25, -0.2) is 0 Å². The molecule has 0 bridgehead atoms. The highest BCUT2D eigenvalue weighted by Crippen LogP contribution is 2.13. The molecule has 0 aliphatic carbocycles. The molecule has 0 aliphatic heterocycles. The molecular weight excluding hydrogens is 174 g/mol. The second-order valence-corrected chi connectivity index (χ2v) is 3.11. The van der Waals surface area contributed by atoms with Crippen molar-refractivity contribution >= 4 is 5.78 Å². The fourth-order valence-corrected chi connectivity index (χ4v) is 1.37. The molecule has 0 N–H and O–H groups in total. The van der Waals surface area contributed by atoms with Gasteiger partial charge < -0.3 is 0 Å². The lowest BCUT2D eigenvalue weighted by Gasteiger charge is -2.02. The van der Waals surface area contributed by atoms with Crippen molar-refractivity contribution in [3.05, 3.63) is 34.9 Å². The zero-order valence-electron chi connectivity index (χ0n) is 8.50. The van der Waals surface area contributed by atoms with Gasteiger partial charge in [0.25, 0.3) is 0 Å². The SMILES string of the molecule is CCC(=O)c1ccc(CC)c(C#N)c1. The summed E-state index contributed by atoms with van der Waals surface area (Å²) in [5.74, 6) is 0.0872. The third-order valence-electron chi connectivity index (χ3n) is 2.25. The Morgan fingerprint density at radius 1 is 1.43 bits per heavy atom. The Balaban J connectivity index is 3.15. The molecule has 0 spiro atoms. The zero-order chi connectivity index (χ0) is 10.6. The maximum absolute atomic E-state index is 11.4. The molecule has 0 aliphatic rings. The van der Waals surface area contributed by atoms with Crippen molar-refractivity contribution in [2.75, 3.05) is 0 Å². The minimum atomic E-state index is 0.0872. The lowest BCUT2D eigenvalue weighted by molar-refractivity contribution is 0.0988. The summed E-state index contributed by atoms with van der Waals surface area (Å²) < 4.78 is 0. The van der Waals surface area contributed by atoms with Gasteiger partial charge >= 0.3 is 0 Å². The van der Waals surface area contributed by atoms with Gasteiger partial charge in [0.2, 0.25) is 0 Å². The van der Waals surface area contributed by atoms with Crippen molar-refractivity contribution in [2.45, 2.75) is 26.7 Å². The number of ketones is 1. The van der Waals surface area contributed by atoms with E-state index in [0.29, 0.717) is 17.5 Å². The van der Waals surface area contributed by atoms with E-state index in [1.165, 1.54) is 0 Å². The van der Waals surface area contributed by atoms with Crippen LogP contribution < -0.4 is 0 Å². The van der Waals surface area contributed by atoms with Gasteiger partial charge in [-0.2, -0.15) is 5.26 Å². The van der Waals surface area contributed by atoms with E-state index in [0.717, 1.165) is 12.0 Å². The van der Waals surface area contributed by atoms with Gasteiger partial charge in [0.05, 0.1) is 11.6 Å².